The highest BCUT2D eigenvalue weighted by Crippen LogP contribution is 2.36. The third-order valence-electron chi connectivity index (χ3n) is 4.63. The third kappa shape index (κ3) is 4.79. The highest BCUT2D eigenvalue weighted by atomic mass is 16.4. The van der Waals surface area contributed by atoms with Gasteiger partial charge in [0.1, 0.15) is 0 Å². The van der Waals surface area contributed by atoms with Crippen LogP contribution in [0.5, 0.6) is 0 Å². The largest absolute Gasteiger partial charge is 0.481 e. The van der Waals surface area contributed by atoms with Crippen LogP contribution in [0.3, 0.4) is 0 Å². The molecule has 112 valence electrons. The molecule has 0 heterocycles. The second-order valence-electron chi connectivity index (χ2n) is 6.89. The lowest BCUT2D eigenvalue weighted by molar-refractivity contribution is -0.151. The lowest BCUT2D eigenvalue weighted by atomic mass is 9.79. The maximum absolute atomic E-state index is 11.8. The number of rotatable bonds is 6. The van der Waals surface area contributed by atoms with Crippen LogP contribution < -0.4 is 0 Å². The van der Waals surface area contributed by atoms with E-state index in [1.807, 2.05) is 0 Å². The van der Waals surface area contributed by atoms with E-state index in [1.165, 1.54) is 12.8 Å². The van der Waals surface area contributed by atoms with Crippen LogP contribution in [-0.4, -0.2) is 35.6 Å². The summed E-state index contributed by atoms with van der Waals surface area (Å²) >= 11 is 0. The first-order valence-corrected chi connectivity index (χ1v) is 7.81. The Hall–Kier alpha value is -0.570. The fraction of sp³-hybridized carbons (Fsp3) is 0.938. The lowest BCUT2D eigenvalue weighted by Crippen LogP contribution is -2.44. The van der Waals surface area contributed by atoms with Gasteiger partial charge in [0.2, 0.25) is 0 Å². The number of nitrogens with zero attached hydrogens (tertiary/aromatic N) is 1. The Kier molecular flexibility index (Phi) is 6.31. The molecule has 0 amide bonds. The van der Waals surface area contributed by atoms with Crippen LogP contribution >= 0.6 is 0 Å². The van der Waals surface area contributed by atoms with E-state index in [1.54, 1.807) is 0 Å². The molecule has 0 aromatic rings. The number of hydrogen-bond acceptors (Lipinski definition) is 2. The Bertz CT molecular complexity index is 280. The van der Waals surface area contributed by atoms with Crippen LogP contribution in [0.4, 0.5) is 0 Å². The molecule has 3 nitrogen and oxygen atoms in total. The number of carboxylic acid groups (broad SMARTS) is 1. The zero-order chi connectivity index (χ0) is 14.5. The van der Waals surface area contributed by atoms with Crippen molar-refractivity contribution in [2.45, 2.75) is 71.8 Å². The van der Waals surface area contributed by atoms with Gasteiger partial charge in [0.25, 0.3) is 0 Å². The minimum absolute atomic E-state index is 0.458. The first-order chi connectivity index (χ1) is 8.87. The summed E-state index contributed by atoms with van der Waals surface area (Å²) < 4.78 is 0. The van der Waals surface area contributed by atoms with Crippen LogP contribution in [-0.2, 0) is 4.79 Å². The van der Waals surface area contributed by atoms with Crippen LogP contribution in [0.2, 0.25) is 0 Å². The highest BCUT2D eigenvalue weighted by Gasteiger charge is 2.40. The van der Waals surface area contributed by atoms with Crippen molar-refractivity contribution >= 4 is 5.97 Å². The van der Waals surface area contributed by atoms with Crippen molar-refractivity contribution in [2.75, 3.05) is 13.6 Å². The molecular weight excluding hydrogens is 238 g/mol. The molecule has 0 spiro atoms. The molecule has 0 saturated heterocycles. The summed E-state index contributed by atoms with van der Waals surface area (Å²) in [5, 5.41) is 9.70. The summed E-state index contributed by atoms with van der Waals surface area (Å²) in [6.45, 7) is 7.37. The van der Waals surface area contributed by atoms with Crippen molar-refractivity contribution < 1.29 is 9.90 Å². The Balaban J connectivity index is 2.69. The monoisotopic (exact) mass is 269 g/mol. The van der Waals surface area contributed by atoms with Crippen LogP contribution in [0.25, 0.3) is 0 Å². The molecule has 1 unspecified atom stereocenters. The SMILES string of the molecule is CC(C)CC(C)N(C)CC1(C(=O)O)CCCCCC1. The van der Waals surface area contributed by atoms with E-state index >= 15 is 0 Å². The van der Waals surface area contributed by atoms with E-state index in [0.717, 1.165) is 32.1 Å². The molecule has 1 atom stereocenters. The standard InChI is InChI=1S/C16H31NO2/c1-13(2)11-14(3)17(4)12-16(15(18)19)9-7-5-6-8-10-16/h13-14H,5-12H2,1-4H3,(H,18,19). The summed E-state index contributed by atoms with van der Waals surface area (Å²) in [6, 6.07) is 0.458. The van der Waals surface area contributed by atoms with E-state index in [9.17, 15) is 9.90 Å². The molecule has 1 rings (SSSR count). The number of carbonyl (C=O) groups is 1. The summed E-state index contributed by atoms with van der Waals surface area (Å²) in [4.78, 5) is 14.0. The van der Waals surface area contributed by atoms with Gasteiger partial charge in [0.15, 0.2) is 0 Å². The number of hydrogen-bond donors (Lipinski definition) is 1. The molecule has 1 N–H and O–H groups in total. The van der Waals surface area contributed by atoms with Crippen molar-refractivity contribution in [3.05, 3.63) is 0 Å². The van der Waals surface area contributed by atoms with Gasteiger partial charge in [-0.25, -0.2) is 0 Å². The summed E-state index contributed by atoms with van der Waals surface area (Å²) in [5.74, 6) is 0.0744. The molecule has 0 aromatic heterocycles. The van der Waals surface area contributed by atoms with Crippen molar-refractivity contribution in [1.82, 2.24) is 4.90 Å². The average Bonchev–Trinajstić information content (AvgIpc) is 2.54. The van der Waals surface area contributed by atoms with Crippen molar-refractivity contribution in [3.63, 3.8) is 0 Å². The van der Waals surface area contributed by atoms with Crippen LogP contribution in [0, 0.1) is 11.3 Å². The van der Waals surface area contributed by atoms with E-state index < -0.39 is 11.4 Å². The second-order valence-corrected chi connectivity index (χ2v) is 6.89. The molecule has 1 saturated carbocycles. The van der Waals surface area contributed by atoms with Crippen LogP contribution in [0.15, 0.2) is 0 Å². The Labute approximate surface area is 118 Å². The van der Waals surface area contributed by atoms with Gasteiger partial charge in [-0.2, -0.15) is 0 Å². The van der Waals surface area contributed by atoms with E-state index in [4.69, 9.17) is 0 Å². The molecule has 1 fully saturated rings. The Morgan fingerprint density at radius 3 is 2.11 bits per heavy atom. The topological polar surface area (TPSA) is 40.5 Å². The zero-order valence-corrected chi connectivity index (χ0v) is 13.1. The van der Waals surface area contributed by atoms with Gasteiger partial charge in [0.05, 0.1) is 5.41 Å². The van der Waals surface area contributed by atoms with Crippen molar-refractivity contribution in [3.8, 4) is 0 Å². The normalized spacial score (nSPS) is 21.4. The van der Waals surface area contributed by atoms with Crippen molar-refractivity contribution in [2.24, 2.45) is 11.3 Å². The molecule has 1 aliphatic rings. The molecule has 0 aromatic carbocycles. The predicted molar refractivity (Wildman–Crippen MR) is 79.3 cm³/mol. The van der Waals surface area contributed by atoms with Crippen molar-refractivity contribution in [1.29, 1.82) is 0 Å². The zero-order valence-electron chi connectivity index (χ0n) is 13.1. The minimum atomic E-state index is -0.585. The van der Waals surface area contributed by atoms with Gasteiger partial charge in [-0.05, 0) is 39.2 Å². The lowest BCUT2D eigenvalue weighted by Gasteiger charge is -2.36. The number of aliphatic carboxylic acids is 1. The Morgan fingerprint density at radius 2 is 1.68 bits per heavy atom. The first kappa shape index (κ1) is 16.5. The molecule has 1 aliphatic carbocycles. The molecule has 0 bridgehead atoms. The summed E-state index contributed by atoms with van der Waals surface area (Å²) in [7, 11) is 2.09. The summed E-state index contributed by atoms with van der Waals surface area (Å²) in [6.07, 6.45) is 7.35. The molecule has 3 heteroatoms. The quantitative estimate of drug-likeness (QED) is 0.746. The maximum atomic E-state index is 11.8. The predicted octanol–water partition coefficient (Wildman–Crippen LogP) is 3.78. The number of carboxylic acids is 1. The van der Waals surface area contributed by atoms with Gasteiger partial charge in [-0.1, -0.05) is 39.5 Å². The molecule has 0 radical (unpaired) electrons. The smallest absolute Gasteiger partial charge is 0.310 e. The van der Waals surface area contributed by atoms with Crippen LogP contribution in [0.1, 0.15) is 65.7 Å². The van der Waals surface area contributed by atoms with E-state index in [-0.39, 0.29) is 0 Å². The average molecular weight is 269 g/mol. The van der Waals surface area contributed by atoms with Gasteiger partial charge in [-0.3, -0.25) is 4.79 Å². The molecular formula is C16H31NO2. The first-order valence-electron chi connectivity index (χ1n) is 7.81. The third-order valence-corrected chi connectivity index (χ3v) is 4.63. The van der Waals surface area contributed by atoms with E-state index in [0.29, 0.717) is 18.5 Å². The minimum Gasteiger partial charge on any atom is -0.481 e. The molecule has 0 aliphatic heterocycles. The van der Waals surface area contributed by atoms with E-state index in [2.05, 4.69) is 32.7 Å². The van der Waals surface area contributed by atoms with Gasteiger partial charge < -0.3 is 10.0 Å². The summed E-state index contributed by atoms with van der Waals surface area (Å²) in [5.41, 5.74) is -0.503. The van der Waals surface area contributed by atoms with Gasteiger partial charge >= 0.3 is 5.97 Å². The maximum Gasteiger partial charge on any atom is 0.310 e. The van der Waals surface area contributed by atoms with Gasteiger partial charge in [-0.15, -0.1) is 0 Å². The fourth-order valence-corrected chi connectivity index (χ4v) is 3.34. The highest BCUT2D eigenvalue weighted by molar-refractivity contribution is 5.75. The molecule has 19 heavy (non-hydrogen) atoms. The Morgan fingerprint density at radius 1 is 1.16 bits per heavy atom. The fourth-order valence-electron chi connectivity index (χ4n) is 3.34. The second kappa shape index (κ2) is 7.28. The van der Waals surface area contributed by atoms with Gasteiger partial charge in [0, 0.05) is 12.6 Å².